The molecular weight excluding hydrogens is 358 g/mol. The van der Waals surface area contributed by atoms with Crippen LogP contribution in [-0.2, 0) is 16.1 Å². The van der Waals surface area contributed by atoms with Gasteiger partial charge in [0.2, 0.25) is 5.91 Å². The first kappa shape index (κ1) is 18.5. The van der Waals surface area contributed by atoms with Crippen LogP contribution in [0.5, 0.6) is 5.75 Å². The van der Waals surface area contributed by atoms with Crippen LogP contribution in [0.25, 0.3) is 0 Å². The van der Waals surface area contributed by atoms with E-state index in [9.17, 15) is 4.79 Å². The number of nitrogens with one attached hydrogen (secondary N) is 1. The highest BCUT2D eigenvalue weighted by Crippen LogP contribution is 2.38. The largest absolute Gasteiger partial charge is 0.497 e. The normalized spacial score (nSPS) is 19.2. The fourth-order valence-corrected chi connectivity index (χ4v) is 3.60. The van der Waals surface area contributed by atoms with Crippen molar-refractivity contribution < 1.29 is 14.3 Å². The maximum Gasteiger partial charge on any atom is 0.250 e. The van der Waals surface area contributed by atoms with Crippen molar-refractivity contribution in [3.05, 3.63) is 36.2 Å². The number of amides is 1. The average Bonchev–Trinajstić information content (AvgIpc) is 2.76. The number of hydrogen-bond acceptors (Lipinski definition) is 7. The molecule has 1 atom stereocenters. The topological polar surface area (TPSA) is 79.8 Å². The van der Waals surface area contributed by atoms with Crippen LogP contribution in [0.2, 0.25) is 0 Å². The third-order valence-corrected chi connectivity index (χ3v) is 5.17. The molecule has 8 heteroatoms. The molecule has 1 N–H and O–H groups in total. The molecule has 1 aromatic heterocycles. The second kappa shape index (κ2) is 8.02. The summed E-state index contributed by atoms with van der Waals surface area (Å²) >= 11 is 0. The number of methoxy groups -OCH3 is 1. The third-order valence-electron chi connectivity index (χ3n) is 5.17. The summed E-state index contributed by atoms with van der Waals surface area (Å²) in [6, 6.07) is 7.48. The Bertz CT molecular complexity index is 836. The van der Waals surface area contributed by atoms with Gasteiger partial charge in [-0.3, -0.25) is 9.69 Å². The summed E-state index contributed by atoms with van der Waals surface area (Å²) in [7, 11) is 1.64. The number of rotatable bonds is 5. The van der Waals surface area contributed by atoms with Gasteiger partial charge in [0.1, 0.15) is 23.8 Å². The summed E-state index contributed by atoms with van der Waals surface area (Å²) in [5.41, 5.74) is 1.77. The molecule has 0 bridgehead atoms. The van der Waals surface area contributed by atoms with Gasteiger partial charge >= 0.3 is 0 Å². The van der Waals surface area contributed by atoms with E-state index in [1.807, 2.05) is 36.1 Å². The number of benzene rings is 1. The zero-order chi connectivity index (χ0) is 19.5. The Kier molecular flexibility index (Phi) is 5.29. The molecular formula is C20H25N5O3. The molecule has 4 rings (SSSR count). The maximum atomic E-state index is 13.2. The van der Waals surface area contributed by atoms with Gasteiger partial charge in [-0.05, 0) is 24.1 Å². The van der Waals surface area contributed by atoms with E-state index in [2.05, 4.69) is 20.2 Å². The molecule has 0 saturated carbocycles. The van der Waals surface area contributed by atoms with Gasteiger partial charge in [0.15, 0.2) is 11.6 Å². The Labute approximate surface area is 164 Å². The van der Waals surface area contributed by atoms with E-state index in [1.165, 1.54) is 0 Å². The number of carbonyl (C=O) groups is 1. The highest BCUT2D eigenvalue weighted by atomic mass is 16.5. The van der Waals surface area contributed by atoms with E-state index in [4.69, 9.17) is 9.47 Å². The number of morpholine rings is 1. The van der Waals surface area contributed by atoms with Gasteiger partial charge in [0.05, 0.1) is 26.9 Å². The summed E-state index contributed by atoms with van der Waals surface area (Å²) in [4.78, 5) is 26.2. The fraction of sp³-hybridized carbons (Fsp3) is 0.450. The molecule has 1 aromatic carbocycles. The van der Waals surface area contributed by atoms with Crippen molar-refractivity contribution in [3.63, 3.8) is 0 Å². The maximum absolute atomic E-state index is 13.2. The summed E-state index contributed by atoms with van der Waals surface area (Å²) in [6.45, 7) is 5.23. The number of anilines is 3. The van der Waals surface area contributed by atoms with Crippen LogP contribution in [0.3, 0.4) is 0 Å². The molecule has 2 aliphatic rings. The van der Waals surface area contributed by atoms with Crippen LogP contribution in [0.4, 0.5) is 17.3 Å². The van der Waals surface area contributed by atoms with Crippen molar-refractivity contribution >= 4 is 23.2 Å². The minimum atomic E-state index is -0.293. The lowest BCUT2D eigenvalue weighted by Gasteiger charge is -2.38. The zero-order valence-corrected chi connectivity index (χ0v) is 16.2. The molecule has 148 valence electrons. The molecule has 0 aliphatic carbocycles. The summed E-state index contributed by atoms with van der Waals surface area (Å²) in [5.74, 6) is 2.31. The molecule has 8 nitrogen and oxygen atoms in total. The molecule has 0 spiro atoms. The number of nitrogens with zero attached hydrogens (tertiary/aromatic N) is 4. The lowest BCUT2D eigenvalue weighted by atomic mass is 10.1. The van der Waals surface area contributed by atoms with Crippen molar-refractivity contribution in [2.24, 2.45) is 0 Å². The second-order valence-corrected chi connectivity index (χ2v) is 6.87. The van der Waals surface area contributed by atoms with Gasteiger partial charge in [-0.15, -0.1) is 0 Å². The molecule has 3 heterocycles. The first-order valence-electron chi connectivity index (χ1n) is 9.59. The van der Waals surface area contributed by atoms with E-state index < -0.39 is 0 Å². The molecule has 1 amide bonds. The number of aromatic nitrogens is 2. The van der Waals surface area contributed by atoms with E-state index >= 15 is 0 Å². The number of fused-ring (bicyclic) bond motifs is 1. The second-order valence-electron chi connectivity index (χ2n) is 6.87. The van der Waals surface area contributed by atoms with E-state index in [0.717, 1.165) is 35.9 Å². The van der Waals surface area contributed by atoms with Gasteiger partial charge in [-0.2, -0.15) is 0 Å². The Morgan fingerprint density at radius 1 is 1.21 bits per heavy atom. The molecule has 2 aromatic rings. The van der Waals surface area contributed by atoms with Gasteiger partial charge in [0.25, 0.3) is 0 Å². The molecule has 1 unspecified atom stereocenters. The monoisotopic (exact) mass is 383 g/mol. The van der Waals surface area contributed by atoms with Gasteiger partial charge in [-0.25, -0.2) is 9.97 Å². The lowest BCUT2D eigenvalue weighted by molar-refractivity contribution is -0.119. The molecule has 28 heavy (non-hydrogen) atoms. The van der Waals surface area contributed by atoms with Crippen molar-refractivity contribution in [1.82, 2.24) is 9.97 Å². The highest BCUT2D eigenvalue weighted by Gasteiger charge is 2.36. The van der Waals surface area contributed by atoms with Crippen molar-refractivity contribution in [2.75, 3.05) is 48.5 Å². The average molecular weight is 383 g/mol. The van der Waals surface area contributed by atoms with E-state index in [0.29, 0.717) is 32.0 Å². The lowest BCUT2D eigenvalue weighted by Crippen LogP contribution is -2.48. The third kappa shape index (κ3) is 3.47. The van der Waals surface area contributed by atoms with E-state index in [1.54, 1.807) is 13.4 Å². The predicted molar refractivity (Wildman–Crippen MR) is 107 cm³/mol. The molecule has 1 saturated heterocycles. The highest BCUT2D eigenvalue weighted by molar-refractivity contribution is 6.06. The quantitative estimate of drug-likeness (QED) is 0.846. The Hall–Kier alpha value is -2.87. The number of hydrogen-bond donors (Lipinski definition) is 1. The Balaban J connectivity index is 1.73. The first-order valence-corrected chi connectivity index (χ1v) is 9.59. The predicted octanol–water partition coefficient (Wildman–Crippen LogP) is 2.06. The van der Waals surface area contributed by atoms with Crippen molar-refractivity contribution in [1.29, 1.82) is 0 Å². The Morgan fingerprint density at radius 3 is 2.64 bits per heavy atom. The van der Waals surface area contributed by atoms with Crippen LogP contribution < -0.4 is 19.9 Å². The van der Waals surface area contributed by atoms with Gasteiger partial charge in [-0.1, -0.05) is 19.1 Å². The smallest absolute Gasteiger partial charge is 0.250 e. The van der Waals surface area contributed by atoms with Crippen LogP contribution >= 0.6 is 0 Å². The minimum absolute atomic E-state index is 0.0372. The summed E-state index contributed by atoms with van der Waals surface area (Å²) in [6.07, 6.45) is 2.25. The minimum Gasteiger partial charge on any atom is -0.497 e. The van der Waals surface area contributed by atoms with Gasteiger partial charge in [0, 0.05) is 13.1 Å². The first-order chi connectivity index (χ1) is 13.7. The van der Waals surface area contributed by atoms with Crippen LogP contribution in [0.15, 0.2) is 30.6 Å². The zero-order valence-electron chi connectivity index (χ0n) is 16.2. The SMILES string of the molecule is CCC1Nc2ncnc(N3CCOCC3)c2N(Cc2ccc(OC)cc2)C1=O. The molecule has 1 fully saturated rings. The van der Waals surface area contributed by atoms with Crippen LogP contribution in [0.1, 0.15) is 18.9 Å². The van der Waals surface area contributed by atoms with Gasteiger partial charge < -0.3 is 19.7 Å². The number of carbonyl (C=O) groups excluding carboxylic acids is 1. The summed E-state index contributed by atoms with van der Waals surface area (Å²) in [5, 5.41) is 3.29. The summed E-state index contributed by atoms with van der Waals surface area (Å²) < 4.78 is 10.7. The van der Waals surface area contributed by atoms with Crippen LogP contribution in [-0.4, -0.2) is 55.3 Å². The molecule has 2 aliphatic heterocycles. The number of ether oxygens (including phenoxy) is 2. The van der Waals surface area contributed by atoms with Crippen molar-refractivity contribution in [2.45, 2.75) is 25.9 Å². The Morgan fingerprint density at radius 2 is 1.96 bits per heavy atom. The van der Waals surface area contributed by atoms with E-state index in [-0.39, 0.29) is 11.9 Å². The fourth-order valence-electron chi connectivity index (χ4n) is 3.60. The van der Waals surface area contributed by atoms with Crippen LogP contribution in [0, 0.1) is 0 Å². The molecule has 0 radical (unpaired) electrons. The van der Waals surface area contributed by atoms with Crippen molar-refractivity contribution in [3.8, 4) is 5.75 Å². The standard InChI is InChI=1S/C20H25N5O3/c1-3-16-20(26)25(12-14-4-6-15(27-2)7-5-14)17-18(23-16)21-13-22-19(17)24-8-10-28-11-9-24/h4-7,13,16H,3,8-12H2,1-2H3,(H,21,22,23).